The van der Waals surface area contributed by atoms with Gasteiger partial charge in [-0.25, -0.2) is 4.79 Å². The van der Waals surface area contributed by atoms with Crippen LogP contribution in [-0.4, -0.2) is 58.4 Å². The van der Waals surface area contributed by atoms with Gasteiger partial charge in [-0.2, -0.15) is 0 Å². The van der Waals surface area contributed by atoms with E-state index in [2.05, 4.69) is 0 Å². The van der Waals surface area contributed by atoms with Crippen LogP contribution < -0.4 is 0 Å². The van der Waals surface area contributed by atoms with E-state index in [1.54, 1.807) is 34.2 Å². The van der Waals surface area contributed by atoms with Crippen LogP contribution in [0.25, 0.3) is 0 Å². The summed E-state index contributed by atoms with van der Waals surface area (Å²) in [5.74, 6) is -1.32. The summed E-state index contributed by atoms with van der Waals surface area (Å²) >= 11 is 2.74. The molecule has 4 rings (SSSR count). The van der Waals surface area contributed by atoms with E-state index in [0.29, 0.717) is 37.4 Å². The maximum absolute atomic E-state index is 13.2. The summed E-state index contributed by atoms with van der Waals surface area (Å²) in [6, 6.07) is 6.41. The number of likely N-dealkylation sites (tertiary alicyclic amines) is 1. The molecular formula is C21H22N2O5S2. The van der Waals surface area contributed by atoms with Crippen molar-refractivity contribution in [2.75, 3.05) is 19.7 Å². The Labute approximate surface area is 182 Å². The van der Waals surface area contributed by atoms with Crippen molar-refractivity contribution < 1.29 is 24.2 Å². The van der Waals surface area contributed by atoms with Crippen molar-refractivity contribution in [1.29, 1.82) is 0 Å². The van der Waals surface area contributed by atoms with Gasteiger partial charge in [-0.05, 0) is 42.7 Å². The number of hydrogen-bond acceptors (Lipinski definition) is 7. The molecule has 9 heteroatoms. The third-order valence-electron chi connectivity index (χ3n) is 5.43. The lowest BCUT2D eigenvalue weighted by atomic mass is 9.97. The van der Waals surface area contributed by atoms with Crippen LogP contribution in [0.15, 0.2) is 46.4 Å². The Morgan fingerprint density at radius 2 is 1.87 bits per heavy atom. The van der Waals surface area contributed by atoms with Crippen LogP contribution in [0.5, 0.6) is 0 Å². The average molecular weight is 447 g/mol. The van der Waals surface area contributed by atoms with Crippen molar-refractivity contribution in [1.82, 2.24) is 9.80 Å². The average Bonchev–Trinajstić information content (AvgIpc) is 3.50. The zero-order chi connectivity index (χ0) is 21.3. The molecule has 0 spiro atoms. The number of carbonyl (C=O) groups excluding carboxylic acids is 3. The Morgan fingerprint density at radius 1 is 1.17 bits per heavy atom. The van der Waals surface area contributed by atoms with Crippen LogP contribution in [-0.2, 0) is 9.53 Å². The molecular weight excluding hydrogens is 424 g/mol. The molecule has 2 amide bonds. The lowest BCUT2D eigenvalue weighted by Crippen LogP contribution is -2.48. The van der Waals surface area contributed by atoms with E-state index in [-0.39, 0.29) is 23.5 Å². The Hall–Kier alpha value is -2.65. The van der Waals surface area contributed by atoms with Crippen LogP contribution in [0.3, 0.4) is 0 Å². The van der Waals surface area contributed by atoms with E-state index in [1.165, 1.54) is 22.7 Å². The van der Waals surface area contributed by atoms with Crippen LogP contribution in [0.1, 0.15) is 40.4 Å². The summed E-state index contributed by atoms with van der Waals surface area (Å²) in [6.07, 6.45) is 0.758. The summed E-state index contributed by atoms with van der Waals surface area (Å²) in [5.41, 5.74) is 0.137. The van der Waals surface area contributed by atoms with Crippen LogP contribution in [0, 0.1) is 0 Å². The molecule has 0 aromatic carbocycles. The maximum Gasteiger partial charge on any atom is 0.409 e. The molecule has 7 nitrogen and oxygen atoms in total. The number of nitrogens with zero attached hydrogens (tertiary/aromatic N) is 2. The monoisotopic (exact) mass is 446 g/mol. The van der Waals surface area contributed by atoms with Gasteiger partial charge in [-0.15, -0.1) is 22.7 Å². The maximum atomic E-state index is 13.2. The second-order valence-electron chi connectivity index (χ2n) is 7.12. The van der Waals surface area contributed by atoms with Gasteiger partial charge in [0, 0.05) is 24.0 Å². The summed E-state index contributed by atoms with van der Waals surface area (Å²) in [6.45, 7) is 2.99. The van der Waals surface area contributed by atoms with Gasteiger partial charge < -0.3 is 19.6 Å². The largest absolute Gasteiger partial charge is 0.503 e. The minimum absolute atomic E-state index is 0.137. The number of aliphatic hydroxyl groups is 1. The first-order chi connectivity index (χ1) is 14.5. The molecule has 1 saturated heterocycles. The molecule has 4 heterocycles. The highest BCUT2D eigenvalue weighted by Crippen LogP contribution is 2.43. The van der Waals surface area contributed by atoms with E-state index >= 15 is 0 Å². The van der Waals surface area contributed by atoms with Crippen LogP contribution in [0.4, 0.5) is 4.79 Å². The van der Waals surface area contributed by atoms with Gasteiger partial charge in [0.1, 0.15) is 0 Å². The number of carbonyl (C=O) groups is 3. The van der Waals surface area contributed by atoms with E-state index < -0.39 is 17.7 Å². The molecule has 158 valence electrons. The van der Waals surface area contributed by atoms with Crippen LogP contribution >= 0.6 is 22.7 Å². The van der Waals surface area contributed by atoms with Gasteiger partial charge in [0.25, 0.3) is 5.91 Å². The second-order valence-corrected chi connectivity index (χ2v) is 9.04. The molecule has 0 aliphatic carbocycles. The van der Waals surface area contributed by atoms with Gasteiger partial charge in [-0.1, -0.05) is 12.1 Å². The molecule has 2 aromatic heterocycles. The molecule has 2 aliphatic heterocycles. The third-order valence-corrected chi connectivity index (χ3v) is 7.22. The molecule has 2 aliphatic rings. The van der Waals surface area contributed by atoms with Crippen LogP contribution in [0.2, 0.25) is 0 Å². The normalized spacial score (nSPS) is 20.2. The van der Waals surface area contributed by atoms with Crippen molar-refractivity contribution in [3.05, 3.63) is 56.1 Å². The fourth-order valence-electron chi connectivity index (χ4n) is 4.04. The van der Waals surface area contributed by atoms with Gasteiger partial charge in [0.2, 0.25) is 5.78 Å². The van der Waals surface area contributed by atoms with Crippen molar-refractivity contribution in [2.24, 2.45) is 0 Å². The van der Waals surface area contributed by atoms with Gasteiger partial charge >= 0.3 is 6.09 Å². The SMILES string of the molecule is CCOC(=O)N1CCC(N2C(=O)C(O)=C(C(=O)c3cccs3)C2c2cccs2)CC1. The number of aliphatic hydroxyl groups excluding tert-OH is 1. The molecule has 1 atom stereocenters. The number of ketones is 1. The first kappa shape index (κ1) is 20.6. The molecule has 30 heavy (non-hydrogen) atoms. The molecule has 1 unspecified atom stereocenters. The molecule has 0 bridgehead atoms. The Morgan fingerprint density at radius 3 is 2.47 bits per heavy atom. The molecule has 2 aromatic rings. The predicted octanol–water partition coefficient (Wildman–Crippen LogP) is 4.01. The van der Waals surface area contributed by atoms with E-state index in [9.17, 15) is 19.5 Å². The number of amides is 2. The molecule has 1 fully saturated rings. The number of piperidine rings is 1. The quantitative estimate of drug-likeness (QED) is 0.702. The highest BCUT2D eigenvalue weighted by molar-refractivity contribution is 7.12. The van der Waals surface area contributed by atoms with E-state index in [0.717, 1.165) is 4.88 Å². The molecule has 1 N–H and O–H groups in total. The topological polar surface area (TPSA) is 87.2 Å². The zero-order valence-electron chi connectivity index (χ0n) is 16.4. The fourth-order valence-corrected chi connectivity index (χ4v) is 5.55. The predicted molar refractivity (Wildman–Crippen MR) is 114 cm³/mol. The van der Waals surface area contributed by atoms with Gasteiger partial charge in [0.15, 0.2) is 5.76 Å². The molecule has 0 saturated carbocycles. The smallest absolute Gasteiger partial charge is 0.409 e. The van der Waals surface area contributed by atoms with Crippen molar-refractivity contribution >= 4 is 40.5 Å². The summed E-state index contributed by atoms with van der Waals surface area (Å²) < 4.78 is 5.07. The minimum atomic E-state index is -0.619. The Balaban J connectivity index is 1.62. The number of hydrogen-bond donors (Lipinski definition) is 1. The summed E-state index contributed by atoms with van der Waals surface area (Å²) in [5, 5.41) is 14.4. The lowest BCUT2D eigenvalue weighted by molar-refractivity contribution is -0.132. The van der Waals surface area contributed by atoms with E-state index in [4.69, 9.17) is 4.74 Å². The summed E-state index contributed by atoms with van der Waals surface area (Å²) in [4.78, 5) is 42.8. The Bertz CT molecular complexity index is 960. The number of ether oxygens (including phenoxy) is 1. The van der Waals surface area contributed by atoms with E-state index in [1.807, 2.05) is 17.5 Å². The number of thiophene rings is 2. The highest BCUT2D eigenvalue weighted by Gasteiger charge is 2.47. The van der Waals surface area contributed by atoms with Gasteiger partial charge in [-0.3, -0.25) is 9.59 Å². The number of Topliss-reactive ketones (excluding diaryl/α,β-unsaturated/α-hetero) is 1. The standard InChI is InChI=1S/C21H22N2O5S2/c1-2-28-21(27)22-9-7-13(8-10-22)23-17(14-5-3-11-29-14)16(19(25)20(23)26)18(24)15-6-4-12-30-15/h3-6,11-13,17,25H,2,7-10H2,1H3. The summed E-state index contributed by atoms with van der Waals surface area (Å²) in [7, 11) is 0. The minimum Gasteiger partial charge on any atom is -0.503 e. The fraction of sp³-hybridized carbons (Fsp3) is 0.381. The van der Waals surface area contributed by atoms with Crippen molar-refractivity contribution in [2.45, 2.75) is 31.8 Å². The van der Waals surface area contributed by atoms with Crippen molar-refractivity contribution in [3.63, 3.8) is 0 Å². The Kier molecular flexibility index (Phi) is 5.92. The first-order valence-electron chi connectivity index (χ1n) is 9.82. The zero-order valence-corrected chi connectivity index (χ0v) is 18.1. The molecule has 0 radical (unpaired) electrons. The third kappa shape index (κ3) is 3.63. The second kappa shape index (κ2) is 8.61. The van der Waals surface area contributed by atoms with Crippen molar-refractivity contribution in [3.8, 4) is 0 Å². The van der Waals surface area contributed by atoms with Gasteiger partial charge in [0.05, 0.1) is 23.1 Å². The number of rotatable bonds is 5. The highest BCUT2D eigenvalue weighted by atomic mass is 32.1. The lowest BCUT2D eigenvalue weighted by Gasteiger charge is -2.39. The first-order valence-corrected chi connectivity index (χ1v) is 11.6.